The van der Waals surface area contributed by atoms with Crippen LogP contribution in [0.2, 0.25) is 10.0 Å². The molecule has 0 atom stereocenters. The standard InChI is InChI=1S/C11H11Cl2NO/c1-2-7(15)6-10(14)11-8(12)4-3-5-9(11)13/h3-6,14-15H,2H2,1H3/b7-6-,14-10?. The minimum atomic E-state index is 0.116. The predicted octanol–water partition coefficient (Wildman–Crippen LogP) is 4.21. The summed E-state index contributed by atoms with van der Waals surface area (Å²) in [5.74, 6) is 0.135. The Bertz CT molecular complexity index is 393. The zero-order valence-electron chi connectivity index (χ0n) is 8.22. The summed E-state index contributed by atoms with van der Waals surface area (Å²) in [6.07, 6.45) is 1.83. The van der Waals surface area contributed by atoms with E-state index in [-0.39, 0.29) is 11.5 Å². The van der Waals surface area contributed by atoms with Gasteiger partial charge in [-0.15, -0.1) is 0 Å². The average molecular weight is 244 g/mol. The molecule has 0 spiro atoms. The van der Waals surface area contributed by atoms with E-state index >= 15 is 0 Å². The SMILES string of the molecule is CC/C(O)=C/C(=N)c1c(Cl)cccc1Cl. The molecule has 0 fully saturated rings. The van der Waals surface area contributed by atoms with E-state index in [0.717, 1.165) is 0 Å². The van der Waals surface area contributed by atoms with Crippen molar-refractivity contribution in [2.24, 2.45) is 0 Å². The van der Waals surface area contributed by atoms with Crippen molar-refractivity contribution in [3.8, 4) is 0 Å². The second kappa shape index (κ2) is 5.19. The van der Waals surface area contributed by atoms with Crippen molar-refractivity contribution < 1.29 is 5.11 Å². The lowest BCUT2D eigenvalue weighted by Crippen LogP contribution is -1.98. The highest BCUT2D eigenvalue weighted by Crippen LogP contribution is 2.25. The van der Waals surface area contributed by atoms with E-state index in [0.29, 0.717) is 22.0 Å². The molecule has 1 aromatic carbocycles. The number of halogens is 2. The number of aliphatic hydroxyl groups excluding tert-OH is 1. The predicted molar refractivity (Wildman–Crippen MR) is 64.3 cm³/mol. The lowest BCUT2D eigenvalue weighted by Gasteiger charge is -2.05. The first-order chi connectivity index (χ1) is 7.06. The topological polar surface area (TPSA) is 44.1 Å². The van der Waals surface area contributed by atoms with Gasteiger partial charge in [0.25, 0.3) is 0 Å². The Morgan fingerprint density at radius 3 is 2.40 bits per heavy atom. The molecule has 0 amide bonds. The fourth-order valence-electron chi connectivity index (χ4n) is 1.10. The van der Waals surface area contributed by atoms with Gasteiger partial charge in [0, 0.05) is 18.1 Å². The van der Waals surface area contributed by atoms with Crippen molar-refractivity contribution in [3.05, 3.63) is 45.6 Å². The summed E-state index contributed by atoms with van der Waals surface area (Å²) in [6.45, 7) is 1.80. The summed E-state index contributed by atoms with van der Waals surface area (Å²) in [6, 6.07) is 5.03. The largest absolute Gasteiger partial charge is 0.512 e. The highest BCUT2D eigenvalue weighted by molar-refractivity contribution is 6.40. The number of rotatable bonds is 3. The molecular weight excluding hydrogens is 233 g/mol. The maximum atomic E-state index is 9.31. The molecule has 0 aliphatic heterocycles. The second-order valence-corrected chi connectivity index (χ2v) is 3.81. The Labute approximate surface area is 98.7 Å². The highest BCUT2D eigenvalue weighted by Gasteiger charge is 2.09. The molecular formula is C11H11Cl2NO. The number of nitrogens with one attached hydrogen (secondary N) is 1. The van der Waals surface area contributed by atoms with Crippen LogP contribution < -0.4 is 0 Å². The maximum Gasteiger partial charge on any atom is 0.0941 e. The molecule has 0 saturated heterocycles. The summed E-state index contributed by atoms with van der Waals surface area (Å²) < 4.78 is 0. The van der Waals surface area contributed by atoms with E-state index in [9.17, 15) is 5.11 Å². The molecule has 0 unspecified atom stereocenters. The fraction of sp³-hybridized carbons (Fsp3) is 0.182. The van der Waals surface area contributed by atoms with E-state index in [4.69, 9.17) is 28.6 Å². The van der Waals surface area contributed by atoms with Crippen molar-refractivity contribution in [2.75, 3.05) is 0 Å². The van der Waals surface area contributed by atoms with E-state index in [1.807, 2.05) is 0 Å². The Morgan fingerprint density at radius 2 is 1.93 bits per heavy atom. The molecule has 80 valence electrons. The van der Waals surface area contributed by atoms with Crippen LogP contribution >= 0.6 is 23.2 Å². The Hall–Kier alpha value is -0.990. The summed E-state index contributed by atoms with van der Waals surface area (Å²) in [7, 11) is 0. The van der Waals surface area contributed by atoms with Gasteiger partial charge in [-0.3, -0.25) is 0 Å². The summed E-state index contributed by atoms with van der Waals surface area (Å²) in [4.78, 5) is 0. The first kappa shape index (κ1) is 12.1. The lowest BCUT2D eigenvalue weighted by atomic mass is 10.1. The lowest BCUT2D eigenvalue weighted by molar-refractivity contribution is 0.395. The van der Waals surface area contributed by atoms with E-state index in [2.05, 4.69) is 0 Å². The van der Waals surface area contributed by atoms with Crippen LogP contribution in [0.4, 0.5) is 0 Å². The Kier molecular flexibility index (Phi) is 4.18. The maximum absolute atomic E-state index is 9.31. The van der Waals surface area contributed by atoms with Crippen LogP contribution in [0.3, 0.4) is 0 Å². The van der Waals surface area contributed by atoms with Crippen molar-refractivity contribution in [1.82, 2.24) is 0 Å². The van der Waals surface area contributed by atoms with Gasteiger partial charge in [0.2, 0.25) is 0 Å². The first-order valence-corrected chi connectivity index (χ1v) is 5.24. The molecule has 2 N–H and O–H groups in total. The normalized spacial score (nSPS) is 11.5. The second-order valence-electron chi connectivity index (χ2n) is 3.00. The van der Waals surface area contributed by atoms with Crippen molar-refractivity contribution >= 4 is 28.9 Å². The van der Waals surface area contributed by atoms with Gasteiger partial charge in [-0.1, -0.05) is 36.2 Å². The van der Waals surface area contributed by atoms with Gasteiger partial charge < -0.3 is 10.5 Å². The summed E-state index contributed by atoms with van der Waals surface area (Å²) >= 11 is 11.8. The van der Waals surface area contributed by atoms with Crippen LogP contribution in [-0.2, 0) is 0 Å². The van der Waals surface area contributed by atoms with Gasteiger partial charge in [0.15, 0.2) is 0 Å². The van der Waals surface area contributed by atoms with E-state index in [1.54, 1.807) is 25.1 Å². The van der Waals surface area contributed by atoms with Crippen LogP contribution in [-0.4, -0.2) is 10.8 Å². The minimum absolute atomic E-state index is 0.116. The third-order valence-corrected chi connectivity index (χ3v) is 2.54. The highest BCUT2D eigenvalue weighted by atomic mass is 35.5. The van der Waals surface area contributed by atoms with Gasteiger partial charge in [0.1, 0.15) is 0 Å². The minimum Gasteiger partial charge on any atom is -0.512 e. The van der Waals surface area contributed by atoms with E-state index in [1.165, 1.54) is 6.08 Å². The molecule has 2 nitrogen and oxygen atoms in total. The summed E-state index contributed by atoms with van der Waals surface area (Å²) in [5.41, 5.74) is 0.561. The molecule has 0 radical (unpaired) electrons. The van der Waals surface area contributed by atoms with Gasteiger partial charge in [0.05, 0.1) is 21.5 Å². The Balaban J connectivity index is 3.12. The van der Waals surface area contributed by atoms with Crippen molar-refractivity contribution in [2.45, 2.75) is 13.3 Å². The number of hydrogen-bond acceptors (Lipinski definition) is 2. The van der Waals surface area contributed by atoms with Crippen molar-refractivity contribution in [3.63, 3.8) is 0 Å². The molecule has 1 rings (SSSR count). The number of benzene rings is 1. The smallest absolute Gasteiger partial charge is 0.0941 e. The van der Waals surface area contributed by atoms with Gasteiger partial charge in [-0.25, -0.2) is 0 Å². The van der Waals surface area contributed by atoms with Gasteiger partial charge in [-0.2, -0.15) is 0 Å². The molecule has 1 aromatic rings. The molecule has 0 heterocycles. The zero-order valence-corrected chi connectivity index (χ0v) is 9.73. The Morgan fingerprint density at radius 1 is 1.40 bits per heavy atom. The molecule has 15 heavy (non-hydrogen) atoms. The molecule has 0 aliphatic carbocycles. The molecule has 0 aliphatic rings. The van der Waals surface area contributed by atoms with Gasteiger partial charge in [-0.05, 0) is 12.1 Å². The molecule has 4 heteroatoms. The van der Waals surface area contributed by atoms with Gasteiger partial charge >= 0.3 is 0 Å². The summed E-state index contributed by atoms with van der Waals surface area (Å²) in [5, 5.41) is 17.9. The van der Waals surface area contributed by atoms with Crippen LogP contribution in [0.25, 0.3) is 0 Å². The zero-order chi connectivity index (χ0) is 11.4. The van der Waals surface area contributed by atoms with Crippen LogP contribution in [0.5, 0.6) is 0 Å². The van der Waals surface area contributed by atoms with Crippen LogP contribution in [0, 0.1) is 5.41 Å². The fourth-order valence-corrected chi connectivity index (χ4v) is 1.70. The van der Waals surface area contributed by atoms with Crippen LogP contribution in [0.1, 0.15) is 18.9 Å². The molecule has 0 bridgehead atoms. The third kappa shape index (κ3) is 2.98. The van der Waals surface area contributed by atoms with Crippen LogP contribution in [0.15, 0.2) is 30.0 Å². The number of allylic oxidation sites excluding steroid dienone is 2. The van der Waals surface area contributed by atoms with E-state index < -0.39 is 0 Å². The van der Waals surface area contributed by atoms with Crippen molar-refractivity contribution in [1.29, 1.82) is 5.41 Å². The monoisotopic (exact) mass is 243 g/mol. The average Bonchev–Trinajstić information content (AvgIpc) is 2.17. The number of hydrogen-bond donors (Lipinski definition) is 2. The number of aliphatic hydroxyl groups is 1. The third-order valence-electron chi connectivity index (χ3n) is 1.91. The first-order valence-electron chi connectivity index (χ1n) is 4.48. The molecule has 0 aromatic heterocycles. The molecule has 0 saturated carbocycles. The quantitative estimate of drug-likeness (QED) is 0.606.